The van der Waals surface area contributed by atoms with Gasteiger partial charge in [0.25, 0.3) is 0 Å². The highest BCUT2D eigenvalue weighted by atomic mass is 16.6. The van der Waals surface area contributed by atoms with Crippen LogP contribution >= 0.6 is 0 Å². The number of hydrogen-bond donors (Lipinski definition) is 3. The van der Waals surface area contributed by atoms with E-state index < -0.39 is 29.7 Å². The molecule has 3 amide bonds. The topological polar surface area (TPSA) is 108 Å². The molecule has 2 aromatic carbocycles. The third kappa shape index (κ3) is 9.72. The molecule has 0 fully saturated rings. The van der Waals surface area contributed by atoms with Crippen molar-refractivity contribution in [3.63, 3.8) is 0 Å². The van der Waals surface area contributed by atoms with Crippen LogP contribution in [0.5, 0.6) is 5.75 Å². The molecule has 0 spiro atoms. The van der Waals surface area contributed by atoms with Gasteiger partial charge in [0, 0.05) is 19.0 Å². The second kappa shape index (κ2) is 14.4. The van der Waals surface area contributed by atoms with Gasteiger partial charge in [-0.2, -0.15) is 0 Å². The van der Waals surface area contributed by atoms with Crippen molar-refractivity contribution < 1.29 is 24.2 Å². The van der Waals surface area contributed by atoms with Gasteiger partial charge in [0.1, 0.15) is 23.4 Å². The molecule has 0 aliphatic carbocycles. The van der Waals surface area contributed by atoms with Crippen molar-refractivity contribution in [2.45, 2.75) is 91.0 Å². The number of hydrogen-bond acceptors (Lipinski definition) is 5. The van der Waals surface area contributed by atoms with Crippen LogP contribution in [0.25, 0.3) is 0 Å². The minimum atomic E-state index is -0.993. The maximum Gasteiger partial charge on any atom is 0.408 e. The minimum Gasteiger partial charge on any atom is -0.508 e. The third-order valence-electron chi connectivity index (χ3n) is 5.90. The largest absolute Gasteiger partial charge is 0.508 e. The lowest BCUT2D eigenvalue weighted by atomic mass is 9.99. The summed E-state index contributed by atoms with van der Waals surface area (Å²) in [6.45, 7) is 11.5. The smallest absolute Gasteiger partial charge is 0.408 e. The second-order valence-electron chi connectivity index (χ2n) is 10.6. The van der Waals surface area contributed by atoms with Crippen LogP contribution in [-0.2, 0) is 20.7 Å². The minimum absolute atomic E-state index is 0.0510. The van der Waals surface area contributed by atoms with E-state index >= 15 is 0 Å². The highest BCUT2D eigenvalue weighted by molar-refractivity contribution is 5.92. The zero-order valence-electron chi connectivity index (χ0n) is 23.5. The molecule has 0 saturated carbocycles. The van der Waals surface area contributed by atoms with Crippen molar-refractivity contribution in [3.8, 4) is 5.75 Å². The van der Waals surface area contributed by atoms with E-state index in [-0.39, 0.29) is 24.1 Å². The average Bonchev–Trinajstić information content (AvgIpc) is 2.84. The van der Waals surface area contributed by atoms with E-state index in [0.29, 0.717) is 18.5 Å². The Hall–Kier alpha value is -3.55. The molecular weight excluding hydrogens is 482 g/mol. The Bertz CT molecular complexity index is 1030. The van der Waals surface area contributed by atoms with Crippen LogP contribution in [0.2, 0.25) is 0 Å². The molecule has 3 N–H and O–H groups in total. The standard InChI is InChI=1S/C30H43N3O5/c1-7-12-21(3)31-27(35)26(23-13-10-9-11-14-23)33(19-8-2)28(36)25(32-29(37)38-30(4,5)6)20-22-15-17-24(34)18-16-22/h9-11,13-18,21,25-26,34H,7-8,12,19-20H2,1-6H3,(H,31,35)(H,32,37). The Morgan fingerprint density at radius 2 is 1.58 bits per heavy atom. The molecule has 38 heavy (non-hydrogen) atoms. The highest BCUT2D eigenvalue weighted by Crippen LogP contribution is 2.24. The summed E-state index contributed by atoms with van der Waals surface area (Å²) in [4.78, 5) is 42.1. The van der Waals surface area contributed by atoms with Crippen molar-refractivity contribution in [2.24, 2.45) is 0 Å². The molecule has 0 saturated heterocycles. The molecule has 8 heteroatoms. The number of alkyl carbamates (subject to hydrolysis) is 1. The number of carbonyl (C=O) groups excluding carboxylic acids is 3. The summed E-state index contributed by atoms with van der Waals surface area (Å²) in [6.07, 6.45) is 1.80. The van der Waals surface area contributed by atoms with Crippen LogP contribution in [0, 0.1) is 0 Å². The predicted octanol–water partition coefficient (Wildman–Crippen LogP) is 5.11. The number of phenolic OH excluding ortho intramolecular Hbond substituents is 1. The van der Waals surface area contributed by atoms with Crippen molar-refractivity contribution in [3.05, 3.63) is 65.7 Å². The lowest BCUT2D eigenvalue weighted by molar-refractivity contribution is -0.142. The summed E-state index contributed by atoms with van der Waals surface area (Å²) in [6, 6.07) is 13.8. The normalized spacial score (nSPS) is 13.6. The molecule has 0 bridgehead atoms. The molecule has 3 atom stereocenters. The zero-order chi connectivity index (χ0) is 28.3. The summed E-state index contributed by atoms with van der Waals surface area (Å²) < 4.78 is 5.45. The Morgan fingerprint density at radius 3 is 2.13 bits per heavy atom. The van der Waals surface area contributed by atoms with Gasteiger partial charge in [-0.3, -0.25) is 9.59 Å². The number of rotatable bonds is 12. The van der Waals surface area contributed by atoms with Gasteiger partial charge >= 0.3 is 6.09 Å². The quantitative estimate of drug-likeness (QED) is 0.357. The summed E-state index contributed by atoms with van der Waals surface area (Å²) in [5, 5.41) is 15.5. The Balaban J connectivity index is 2.48. The molecule has 0 aliphatic rings. The van der Waals surface area contributed by atoms with Crippen molar-refractivity contribution in [1.82, 2.24) is 15.5 Å². The molecular formula is C30H43N3O5. The van der Waals surface area contributed by atoms with Gasteiger partial charge in [0.15, 0.2) is 0 Å². The molecule has 0 radical (unpaired) electrons. The number of nitrogens with one attached hydrogen (secondary N) is 2. The van der Waals surface area contributed by atoms with Crippen LogP contribution in [0.15, 0.2) is 54.6 Å². The van der Waals surface area contributed by atoms with Gasteiger partial charge in [-0.1, -0.05) is 62.7 Å². The lowest BCUT2D eigenvalue weighted by Crippen LogP contribution is -2.54. The van der Waals surface area contributed by atoms with E-state index in [1.54, 1.807) is 37.8 Å². The maximum absolute atomic E-state index is 14.2. The number of benzene rings is 2. The van der Waals surface area contributed by atoms with E-state index in [4.69, 9.17) is 4.74 Å². The molecule has 8 nitrogen and oxygen atoms in total. The summed E-state index contributed by atoms with van der Waals surface area (Å²) in [5.41, 5.74) is 0.684. The SMILES string of the molecule is CCCC(C)NC(=O)C(c1ccccc1)N(CCC)C(=O)C(Cc1ccc(O)cc1)NC(=O)OC(C)(C)C. The number of phenols is 1. The molecule has 0 aliphatic heterocycles. The van der Waals surface area contributed by atoms with Crippen LogP contribution in [0.1, 0.15) is 78.0 Å². The van der Waals surface area contributed by atoms with Crippen molar-refractivity contribution in [1.29, 1.82) is 0 Å². The van der Waals surface area contributed by atoms with Crippen molar-refractivity contribution in [2.75, 3.05) is 6.54 Å². The van der Waals surface area contributed by atoms with E-state index in [1.165, 1.54) is 12.1 Å². The summed E-state index contributed by atoms with van der Waals surface area (Å²) >= 11 is 0. The molecule has 0 aromatic heterocycles. The van der Waals surface area contributed by atoms with E-state index in [1.807, 2.05) is 44.2 Å². The lowest BCUT2D eigenvalue weighted by Gasteiger charge is -2.35. The van der Waals surface area contributed by atoms with Gasteiger partial charge in [-0.15, -0.1) is 0 Å². The monoisotopic (exact) mass is 525 g/mol. The van der Waals surface area contributed by atoms with Crippen LogP contribution < -0.4 is 10.6 Å². The van der Waals surface area contributed by atoms with Crippen molar-refractivity contribution >= 4 is 17.9 Å². The van der Waals surface area contributed by atoms with E-state index in [0.717, 1.165) is 18.4 Å². The first-order valence-electron chi connectivity index (χ1n) is 13.4. The van der Waals surface area contributed by atoms with Gasteiger partial charge in [0.2, 0.25) is 11.8 Å². The van der Waals surface area contributed by atoms with Crippen LogP contribution in [0.3, 0.4) is 0 Å². The van der Waals surface area contributed by atoms with Gasteiger partial charge in [-0.05, 0) is 63.8 Å². The number of nitrogens with zero attached hydrogens (tertiary/aromatic N) is 1. The Kier molecular flexibility index (Phi) is 11.6. The van der Waals surface area contributed by atoms with Gasteiger partial charge in [0.05, 0.1) is 0 Å². The van der Waals surface area contributed by atoms with E-state index in [9.17, 15) is 19.5 Å². The Labute approximate surface area is 226 Å². The summed E-state index contributed by atoms with van der Waals surface area (Å²) in [5.74, 6) is -0.552. The highest BCUT2D eigenvalue weighted by Gasteiger charge is 2.36. The number of ether oxygens (including phenoxy) is 1. The second-order valence-corrected chi connectivity index (χ2v) is 10.6. The number of carbonyl (C=O) groups is 3. The first kappa shape index (κ1) is 30.7. The van der Waals surface area contributed by atoms with Crippen LogP contribution in [-0.4, -0.2) is 52.1 Å². The molecule has 208 valence electrons. The third-order valence-corrected chi connectivity index (χ3v) is 5.90. The first-order valence-corrected chi connectivity index (χ1v) is 13.4. The fraction of sp³-hybridized carbons (Fsp3) is 0.500. The predicted molar refractivity (Wildman–Crippen MR) is 149 cm³/mol. The molecule has 0 heterocycles. The number of amides is 3. The fourth-order valence-electron chi connectivity index (χ4n) is 4.26. The zero-order valence-corrected chi connectivity index (χ0v) is 23.5. The molecule has 3 unspecified atom stereocenters. The first-order chi connectivity index (χ1) is 17.9. The Morgan fingerprint density at radius 1 is 0.947 bits per heavy atom. The average molecular weight is 526 g/mol. The van der Waals surface area contributed by atoms with Crippen LogP contribution in [0.4, 0.5) is 4.79 Å². The van der Waals surface area contributed by atoms with Gasteiger partial charge in [-0.25, -0.2) is 4.79 Å². The molecule has 2 rings (SSSR count). The molecule has 2 aromatic rings. The number of aromatic hydroxyl groups is 1. The van der Waals surface area contributed by atoms with E-state index in [2.05, 4.69) is 17.6 Å². The summed E-state index contributed by atoms with van der Waals surface area (Å²) in [7, 11) is 0. The maximum atomic E-state index is 14.2. The fourth-order valence-corrected chi connectivity index (χ4v) is 4.26. The van der Waals surface area contributed by atoms with Gasteiger partial charge < -0.3 is 25.4 Å².